The number of esters is 1. The summed E-state index contributed by atoms with van der Waals surface area (Å²) in [6.45, 7) is 2.97. The van der Waals surface area contributed by atoms with E-state index in [9.17, 15) is 19.5 Å². The number of carbonyl (C=O) groups is 3. The van der Waals surface area contributed by atoms with Gasteiger partial charge in [-0.05, 0) is 61.4 Å². The van der Waals surface area contributed by atoms with Crippen LogP contribution in [0, 0.1) is 11.8 Å². The second-order valence-corrected chi connectivity index (χ2v) is 11.5. The summed E-state index contributed by atoms with van der Waals surface area (Å²) in [4.78, 5) is 46.1. The quantitative estimate of drug-likeness (QED) is 0.312. The monoisotopic (exact) mass is 558 g/mol. The Morgan fingerprint density at radius 2 is 1.78 bits per heavy atom. The number of benzene rings is 2. The van der Waals surface area contributed by atoms with Crippen molar-refractivity contribution in [1.82, 2.24) is 4.90 Å². The number of aliphatic hydroxyl groups is 1. The van der Waals surface area contributed by atoms with Crippen molar-refractivity contribution in [2.24, 2.45) is 11.8 Å². The Labute approximate surface area is 240 Å². The van der Waals surface area contributed by atoms with Gasteiger partial charge in [0.15, 0.2) is 0 Å². The largest absolute Gasteiger partial charge is 0.465 e. The molecule has 2 fully saturated rings. The number of cyclic esters (lactones) is 1. The van der Waals surface area contributed by atoms with E-state index in [0.29, 0.717) is 38.8 Å². The van der Waals surface area contributed by atoms with Crippen LogP contribution in [0.15, 0.2) is 66.8 Å². The number of amides is 2. The zero-order valence-corrected chi connectivity index (χ0v) is 23.5. The third-order valence-electron chi connectivity index (χ3n) is 9.23. The first kappa shape index (κ1) is 27.7. The van der Waals surface area contributed by atoms with Crippen LogP contribution in [0.1, 0.15) is 45.4 Å². The SMILES string of the molecule is CC[C@@]12/C=C\CCCOC(=O)[C@@H]1[C@H]1C(=O)N(CCCCCO)C3C(=O)N(c4ccc5ccccc5c4)CC=C[C@@]31O2. The molecule has 8 heteroatoms. The highest BCUT2D eigenvalue weighted by Crippen LogP contribution is 2.58. The maximum atomic E-state index is 14.7. The fraction of sp³-hybridized carbons (Fsp3) is 0.485. The molecule has 0 aromatic heterocycles. The van der Waals surface area contributed by atoms with Crippen LogP contribution in [0.3, 0.4) is 0 Å². The van der Waals surface area contributed by atoms with E-state index in [1.807, 2.05) is 73.7 Å². The minimum Gasteiger partial charge on any atom is -0.465 e. The molecular formula is C33H38N2O6. The molecule has 4 heterocycles. The van der Waals surface area contributed by atoms with Gasteiger partial charge in [0, 0.05) is 25.4 Å². The summed E-state index contributed by atoms with van der Waals surface area (Å²) >= 11 is 0. The molecule has 1 N–H and O–H groups in total. The van der Waals surface area contributed by atoms with Crippen LogP contribution < -0.4 is 4.90 Å². The lowest BCUT2D eigenvalue weighted by atomic mass is 9.73. The number of likely N-dealkylation sites (tertiary alicyclic amines) is 1. The summed E-state index contributed by atoms with van der Waals surface area (Å²) in [5.74, 6) is -2.65. The summed E-state index contributed by atoms with van der Waals surface area (Å²) in [6, 6.07) is 13.0. The van der Waals surface area contributed by atoms with Gasteiger partial charge in [-0.25, -0.2) is 0 Å². The highest BCUT2D eigenvalue weighted by Gasteiger charge is 2.75. The zero-order valence-electron chi connectivity index (χ0n) is 23.5. The molecule has 4 aliphatic heterocycles. The Morgan fingerprint density at radius 3 is 2.59 bits per heavy atom. The topological polar surface area (TPSA) is 96.4 Å². The van der Waals surface area contributed by atoms with Crippen LogP contribution in [-0.4, -0.2) is 71.3 Å². The lowest BCUT2D eigenvalue weighted by molar-refractivity contribution is -0.159. The first-order valence-corrected chi connectivity index (χ1v) is 14.9. The molecule has 0 saturated carbocycles. The number of nitrogens with zero attached hydrogens (tertiary/aromatic N) is 2. The summed E-state index contributed by atoms with van der Waals surface area (Å²) in [5, 5.41) is 11.4. The summed E-state index contributed by atoms with van der Waals surface area (Å²) in [7, 11) is 0. The molecule has 2 aromatic carbocycles. The molecule has 4 aliphatic rings. The van der Waals surface area contributed by atoms with Crippen LogP contribution >= 0.6 is 0 Å². The fourth-order valence-corrected chi connectivity index (χ4v) is 7.26. The Bertz CT molecular complexity index is 1400. The number of carbonyl (C=O) groups excluding carboxylic acids is 3. The highest BCUT2D eigenvalue weighted by atomic mass is 16.6. The molecule has 216 valence electrons. The number of unbranched alkanes of at least 4 members (excludes halogenated alkanes) is 2. The molecule has 2 aromatic rings. The van der Waals surface area contributed by atoms with Gasteiger partial charge in [-0.15, -0.1) is 0 Å². The molecule has 0 radical (unpaired) electrons. The normalized spacial score (nSPS) is 32.0. The van der Waals surface area contributed by atoms with E-state index in [4.69, 9.17) is 9.47 Å². The standard InChI is InChI=1S/C33H38N2O6/c1-2-32-16-7-3-10-21-40-31(39)27(32)26-29(37)35(18-8-4-9-20-36)28-30(38)34(19-11-17-33(26,28)41-32)25-15-14-23-12-5-6-13-24(23)22-25/h5-7,11-17,22,26-28,36H,2-4,8-10,18-21H2,1H3/b16-7-/t26-,27-,28?,32+,33-/m0/s1. The molecule has 0 bridgehead atoms. The first-order chi connectivity index (χ1) is 20.0. The van der Waals surface area contributed by atoms with Crippen molar-refractivity contribution in [2.45, 2.75) is 62.7 Å². The van der Waals surface area contributed by atoms with E-state index in [0.717, 1.165) is 29.3 Å². The van der Waals surface area contributed by atoms with Gasteiger partial charge in [-0.3, -0.25) is 14.4 Å². The number of anilines is 1. The molecule has 2 amide bonds. The van der Waals surface area contributed by atoms with Crippen molar-refractivity contribution in [1.29, 1.82) is 0 Å². The number of hydrogen-bond donors (Lipinski definition) is 1. The third-order valence-corrected chi connectivity index (χ3v) is 9.23. The number of aliphatic hydroxyl groups excluding tert-OH is 1. The zero-order chi connectivity index (χ0) is 28.6. The van der Waals surface area contributed by atoms with Crippen LogP contribution in [-0.2, 0) is 23.9 Å². The maximum absolute atomic E-state index is 14.7. The average molecular weight is 559 g/mol. The number of rotatable bonds is 7. The molecule has 2 saturated heterocycles. The van der Waals surface area contributed by atoms with Gasteiger partial charge in [0.2, 0.25) is 5.91 Å². The smallest absolute Gasteiger partial charge is 0.313 e. The molecular weight excluding hydrogens is 520 g/mol. The predicted octanol–water partition coefficient (Wildman–Crippen LogP) is 4.16. The van der Waals surface area contributed by atoms with Gasteiger partial charge in [0.1, 0.15) is 23.2 Å². The van der Waals surface area contributed by atoms with E-state index >= 15 is 0 Å². The van der Waals surface area contributed by atoms with E-state index in [2.05, 4.69) is 0 Å². The number of fused-ring (bicyclic) bond motifs is 3. The minimum atomic E-state index is -1.31. The molecule has 1 spiro atoms. The van der Waals surface area contributed by atoms with Crippen molar-refractivity contribution in [3.63, 3.8) is 0 Å². The van der Waals surface area contributed by atoms with Crippen molar-refractivity contribution in [2.75, 3.05) is 31.2 Å². The molecule has 0 aliphatic carbocycles. The molecule has 1 unspecified atom stereocenters. The van der Waals surface area contributed by atoms with Crippen LogP contribution in [0.25, 0.3) is 10.8 Å². The molecule has 6 rings (SSSR count). The summed E-state index contributed by atoms with van der Waals surface area (Å²) in [5.41, 5.74) is -1.61. The Balaban J connectivity index is 1.45. The molecule has 8 nitrogen and oxygen atoms in total. The van der Waals surface area contributed by atoms with Gasteiger partial charge in [0.25, 0.3) is 5.91 Å². The number of allylic oxidation sites excluding steroid dienone is 1. The second kappa shape index (κ2) is 11.1. The van der Waals surface area contributed by atoms with Gasteiger partial charge < -0.3 is 24.4 Å². The number of ether oxygens (including phenoxy) is 2. The van der Waals surface area contributed by atoms with Crippen LogP contribution in [0.2, 0.25) is 0 Å². The van der Waals surface area contributed by atoms with E-state index in [1.54, 1.807) is 9.80 Å². The van der Waals surface area contributed by atoms with E-state index in [-0.39, 0.29) is 25.0 Å². The van der Waals surface area contributed by atoms with Crippen LogP contribution in [0.4, 0.5) is 5.69 Å². The fourth-order valence-electron chi connectivity index (χ4n) is 7.26. The van der Waals surface area contributed by atoms with Crippen LogP contribution in [0.5, 0.6) is 0 Å². The van der Waals surface area contributed by atoms with E-state index in [1.165, 1.54) is 0 Å². The lowest BCUT2D eigenvalue weighted by Gasteiger charge is -2.38. The Kier molecular flexibility index (Phi) is 7.47. The van der Waals surface area contributed by atoms with Crippen molar-refractivity contribution in [3.8, 4) is 0 Å². The Hall–Kier alpha value is -3.49. The average Bonchev–Trinajstić information content (AvgIpc) is 3.36. The molecule has 41 heavy (non-hydrogen) atoms. The van der Waals surface area contributed by atoms with Crippen molar-refractivity contribution < 1.29 is 29.0 Å². The summed E-state index contributed by atoms with van der Waals surface area (Å²) in [6.07, 6.45) is 11.6. The predicted molar refractivity (Wildman–Crippen MR) is 155 cm³/mol. The van der Waals surface area contributed by atoms with Gasteiger partial charge in [0.05, 0.1) is 12.5 Å². The van der Waals surface area contributed by atoms with Gasteiger partial charge in [-0.1, -0.05) is 61.6 Å². The second-order valence-electron chi connectivity index (χ2n) is 11.5. The number of hydrogen-bond acceptors (Lipinski definition) is 6. The summed E-state index contributed by atoms with van der Waals surface area (Å²) < 4.78 is 12.7. The van der Waals surface area contributed by atoms with Gasteiger partial charge >= 0.3 is 5.97 Å². The third kappa shape index (κ3) is 4.48. The van der Waals surface area contributed by atoms with E-state index < -0.39 is 35.0 Å². The van der Waals surface area contributed by atoms with Gasteiger partial charge in [-0.2, -0.15) is 0 Å². The van der Waals surface area contributed by atoms with Crippen molar-refractivity contribution >= 4 is 34.2 Å². The first-order valence-electron chi connectivity index (χ1n) is 14.9. The Morgan fingerprint density at radius 1 is 0.951 bits per heavy atom. The lowest BCUT2D eigenvalue weighted by Crippen LogP contribution is -2.56. The highest BCUT2D eigenvalue weighted by molar-refractivity contribution is 6.06. The maximum Gasteiger partial charge on any atom is 0.313 e. The van der Waals surface area contributed by atoms with Crippen molar-refractivity contribution in [3.05, 3.63) is 66.8 Å². The minimum absolute atomic E-state index is 0.0731. The molecule has 5 atom stereocenters.